The van der Waals surface area contributed by atoms with Crippen LogP contribution in [0.3, 0.4) is 0 Å². The van der Waals surface area contributed by atoms with Crippen molar-refractivity contribution in [2.45, 2.75) is 26.4 Å². The fourth-order valence-corrected chi connectivity index (χ4v) is 2.63. The molecule has 1 amide bonds. The Labute approximate surface area is 142 Å². The van der Waals surface area contributed by atoms with Crippen LogP contribution in [0.15, 0.2) is 66.7 Å². The Bertz CT molecular complexity index is 835. The summed E-state index contributed by atoms with van der Waals surface area (Å²) in [6.07, 6.45) is 0.411. The molecule has 0 bridgehead atoms. The van der Waals surface area contributed by atoms with Crippen LogP contribution in [-0.4, -0.2) is 12.0 Å². The van der Waals surface area contributed by atoms with Crippen LogP contribution >= 0.6 is 0 Å². The summed E-state index contributed by atoms with van der Waals surface area (Å²) in [5, 5.41) is 5.08. The molecule has 122 valence electrons. The highest BCUT2D eigenvalue weighted by molar-refractivity contribution is 6.03. The Hall–Kier alpha value is -2.81. The van der Waals surface area contributed by atoms with E-state index in [2.05, 4.69) is 12.2 Å². The van der Waals surface area contributed by atoms with Gasteiger partial charge < -0.3 is 10.1 Å². The molecule has 3 nitrogen and oxygen atoms in total. The van der Waals surface area contributed by atoms with E-state index in [1.807, 2.05) is 66.7 Å². The van der Waals surface area contributed by atoms with Crippen molar-refractivity contribution in [2.24, 2.45) is 0 Å². The van der Waals surface area contributed by atoms with Crippen molar-refractivity contribution < 1.29 is 9.53 Å². The highest BCUT2D eigenvalue weighted by atomic mass is 16.5. The Kier molecular flexibility index (Phi) is 4.80. The van der Waals surface area contributed by atoms with Gasteiger partial charge in [0.05, 0.1) is 0 Å². The molecule has 24 heavy (non-hydrogen) atoms. The van der Waals surface area contributed by atoms with Gasteiger partial charge in [-0.25, -0.2) is 0 Å². The zero-order chi connectivity index (χ0) is 16.9. The highest BCUT2D eigenvalue weighted by Crippen LogP contribution is 2.23. The topological polar surface area (TPSA) is 38.3 Å². The number of anilines is 1. The number of hydrogen-bond donors (Lipinski definition) is 1. The summed E-state index contributed by atoms with van der Waals surface area (Å²) in [6, 6.07) is 21.7. The summed E-state index contributed by atoms with van der Waals surface area (Å²) in [6.45, 7) is 3.87. The summed E-state index contributed by atoms with van der Waals surface area (Å²) >= 11 is 0. The van der Waals surface area contributed by atoms with Gasteiger partial charge in [-0.15, -0.1) is 0 Å². The molecule has 0 aliphatic rings. The van der Waals surface area contributed by atoms with Gasteiger partial charge in [-0.05, 0) is 42.5 Å². The Morgan fingerprint density at radius 2 is 1.71 bits per heavy atom. The lowest BCUT2D eigenvalue weighted by Crippen LogP contribution is -2.30. The number of benzene rings is 3. The monoisotopic (exact) mass is 319 g/mol. The Morgan fingerprint density at radius 1 is 1.00 bits per heavy atom. The minimum Gasteiger partial charge on any atom is -0.481 e. The van der Waals surface area contributed by atoms with E-state index in [4.69, 9.17) is 4.74 Å². The molecule has 0 saturated carbocycles. The zero-order valence-corrected chi connectivity index (χ0v) is 14.0. The number of ether oxygens (including phenoxy) is 1. The molecule has 3 aromatic carbocycles. The van der Waals surface area contributed by atoms with Gasteiger partial charge in [-0.2, -0.15) is 0 Å². The van der Waals surface area contributed by atoms with Crippen molar-refractivity contribution in [3.8, 4) is 5.75 Å². The lowest BCUT2D eigenvalue weighted by molar-refractivity contribution is -0.122. The van der Waals surface area contributed by atoms with Gasteiger partial charge in [0, 0.05) is 11.1 Å². The van der Waals surface area contributed by atoms with E-state index >= 15 is 0 Å². The third-order valence-corrected chi connectivity index (χ3v) is 4.06. The molecule has 3 heteroatoms. The number of aryl methyl sites for hydroxylation is 1. The molecule has 3 rings (SSSR count). The third kappa shape index (κ3) is 3.57. The third-order valence-electron chi connectivity index (χ3n) is 4.06. The van der Waals surface area contributed by atoms with E-state index in [0.717, 1.165) is 22.9 Å². The molecule has 0 heterocycles. The van der Waals surface area contributed by atoms with Gasteiger partial charge in [0.2, 0.25) is 0 Å². The van der Waals surface area contributed by atoms with Gasteiger partial charge in [-0.3, -0.25) is 4.79 Å². The van der Waals surface area contributed by atoms with Crippen LogP contribution < -0.4 is 10.1 Å². The van der Waals surface area contributed by atoms with Crippen molar-refractivity contribution in [2.75, 3.05) is 5.32 Å². The molecule has 0 aliphatic heterocycles. The maximum Gasteiger partial charge on any atom is 0.265 e. The zero-order valence-electron chi connectivity index (χ0n) is 14.0. The number of carbonyl (C=O) groups excluding carboxylic acids is 1. The van der Waals surface area contributed by atoms with Crippen LogP contribution in [0.5, 0.6) is 5.75 Å². The van der Waals surface area contributed by atoms with Crippen LogP contribution in [-0.2, 0) is 11.2 Å². The van der Waals surface area contributed by atoms with Crippen LogP contribution in [0, 0.1) is 0 Å². The predicted octanol–water partition coefficient (Wildman–Crippen LogP) is 4.81. The smallest absolute Gasteiger partial charge is 0.265 e. The molecular formula is C21H21NO2. The van der Waals surface area contributed by atoms with Crippen molar-refractivity contribution in [3.63, 3.8) is 0 Å². The standard InChI is InChI=1S/C21H21NO2/c1-3-16-11-13-18(14-12-16)24-15(2)21(23)22-20-10-6-8-17-7-4-5-9-19(17)20/h4-15H,3H2,1-2H3,(H,22,23). The summed E-state index contributed by atoms with van der Waals surface area (Å²) in [7, 11) is 0. The SMILES string of the molecule is CCc1ccc(OC(C)C(=O)Nc2cccc3ccccc23)cc1. The van der Waals surface area contributed by atoms with Crippen molar-refractivity contribution in [1.29, 1.82) is 0 Å². The maximum atomic E-state index is 12.4. The first-order chi connectivity index (χ1) is 11.7. The summed E-state index contributed by atoms with van der Waals surface area (Å²) in [5.74, 6) is 0.540. The van der Waals surface area contributed by atoms with E-state index in [1.165, 1.54) is 5.56 Å². The van der Waals surface area contributed by atoms with Crippen molar-refractivity contribution in [1.82, 2.24) is 0 Å². The molecule has 1 N–H and O–H groups in total. The highest BCUT2D eigenvalue weighted by Gasteiger charge is 2.15. The number of fused-ring (bicyclic) bond motifs is 1. The lowest BCUT2D eigenvalue weighted by atomic mass is 10.1. The molecule has 0 saturated heterocycles. The van der Waals surface area contributed by atoms with Gasteiger partial charge in [0.25, 0.3) is 5.91 Å². The van der Waals surface area contributed by atoms with E-state index in [0.29, 0.717) is 5.75 Å². The molecule has 0 fully saturated rings. The number of nitrogens with one attached hydrogen (secondary N) is 1. The Balaban J connectivity index is 1.71. The van der Waals surface area contributed by atoms with Crippen LogP contribution in [0.1, 0.15) is 19.4 Å². The van der Waals surface area contributed by atoms with Crippen LogP contribution in [0.4, 0.5) is 5.69 Å². The van der Waals surface area contributed by atoms with E-state index in [-0.39, 0.29) is 5.91 Å². The minimum absolute atomic E-state index is 0.161. The maximum absolute atomic E-state index is 12.4. The van der Waals surface area contributed by atoms with Gasteiger partial charge in [-0.1, -0.05) is 55.5 Å². The normalized spacial score (nSPS) is 11.9. The number of rotatable bonds is 5. The fourth-order valence-electron chi connectivity index (χ4n) is 2.63. The van der Waals surface area contributed by atoms with Crippen LogP contribution in [0.2, 0.25) is 0 Å². The van der Waals surface area contributed by atoms with Gasteiger partial charge in [0.1, 0.15) is 5.75 Å². The van der Waals surface area contributed by atoms with E-state index in [1.54, 1.807) is 6.92 Å². The van der Waals surface area contributed by atoms with Crippen molar-refractivity contribution >= 4 is 22.4 Å². The summed E-state index contributed by atoms with van der Waals surface area (Å²) < 4.78 is 5.75. The summed E-state index contributed by atoms with van der Waals surface area (Å²) in [4.78, 5) is 12.4. The fraction of sp³-hybridized carbons (Fsp3) is 0.190. The molecule has 1 atom stereocenters. The largest absolute Gasteiger partial charge is 0.481 e. The second-order valence-corrected chi connectivity index (χ2v) is 5.77. The first-order valence-corrected chi connectivity index (χ1v) is 8.21. The molecule has 0 spiro atoms. The number of carbonyl (C=O) groups is 1. The second kappa shape index (κ2) is 7.18. The van der Waals surface area contributed by atoms with Crippen molar-refractivity contribution in [3.05, 3.63) is 72.3 Å². The summed E-state index contributed by atoms with van der Waals surface area (Å²) in [5.41, 5.74) is 2.05. The van der Waals surface area contributed by atoms with Gasteiger partial charge in [0.15, 0.2) is 6.10 Å². The number of amides is 1. The molecular weight excluding hydrogens is 298 g/mol. The second-order valence-electron chi connectivity index (χ2n) is 5.77. The van der Waals surface area contributed by atoms with E-state index < -0.39 is 6.10 Å². The average Bonchev–Trinajstić information content (AvgIpc) is 2.62. The first-order valence-electron chi connectivity index (χ1n) is 8.21. The number of hydrogen-bond acceptors (Lipinski definition) is 2. The predicted molar refractivity (Wildman–Crippen MR) is 98.5 cm³/mol. The molecule has 3 aromatic rings. The average molecular weight is 319 g/mol. The first kappa shape index (κ1) is 16.1. The molecule has 0 aliphatic carbocycles. The van der Waals surface area contributed by atoms with Gasteiger partial charge >= 0.3 is 0 Å². The van der Waals surface area contributed by atoms with Crippen LogP contribution in [0.25, 0.3) is 10.8 Å². The lowest BCUT2D eigenvalue weighted by Gasteiger charge is -2.16. The molecule has 1 unspecified atom stereocenters. The quantitative estimate of drug-likeness (QED) is 0.733. The minimum atomic E-state index is -0.573. The van der Waals surface area contributed by atoms with E-state index in [9.17, 15) is 4.79 Å². The molecule has 0 radical (unpaired) electrons. The molecule has 0 aromatic heterocycles. The Morgan fingerprint density at radius 3 is 2.46 bits per heavy atom.